The first-order chi connectivity index (χ1) is 20.6. The summed E-state index contributed by atoms with van der Waals surface area (Å²) in [6, 6.07) is 14.9. The summed E-state index contributed by atoms with van der Waals surface area (Å²) in [6.07, 6.45) is -4.98. The molecule has 2 saturated heterocycles. The van der Waals surface area contributed by atoms with Gasteiger partial charge in [0.1, 0.15) is 30.3 Å². The van der Waals surface area contributed by atoms with Gasteiger partial charge in [-0.2, -0.15) is 0 Å². The molecule has 12 heteroatoms. The molecular formula is C31H36O12. The molecule has 43 heavy (non-hydrogen) atoms. The van der Waals surface area contributed by atoms with E-state index in [1.54, 1.807) is 12.1 Å². The summed E-state index contributed by atoms with van der Waals surface area (Å²) in [5.41, 5.74) is 1.76. The third-order valence-corrected chi connectivity index (χ3v) is 6.67. The molecule has 0 aromatic heterocycles. The number of para-hydroxylation sites is 1. The molecule has 12 nitrogen and oxygen atoms in total. The van der Waals surface area contributed by atoms with Crippen LogP contribution in [0.5, 0.6) is 11.5 Å². The van der Waals surface area contributed by atoms with E-state index in [2.05, 4.69) is 0 Å². The van der Waals surface area contributed by atoms with E-state index in [-0.39, 0.29) is 12.7 Å². The molecule has 2 aromatic carbocycles. The predicted molar refractivity (Wildman–Crippen MR) is 148 cm³/mol. The quantitative estimate of drug-likeness (QED) is 0.276. The molecule has 0 unspecified atom stereocenters. The maximum Gasteiger partial charge on any atom is 0.303 e. The largest absolute Gasteiger partial charge is 0.488 e. The zero-order chi connectivity index (χ0) is 30.9. The van der Waals surface area contributed by atoms with E-state index in [1.165, 1.54) is 13.8 Å². The second-order valence-corrected chi connectivity index (χ2v) is 10.2. The van der Waals surface area contributed by atoms with Crippen LogP contribution in [0.25, 0.3) is 0 Å². The number of hydrogen-bond donors (Lipinski definition) is 0. The van der Waals surface area contributed by atoms with E-state index in [4.69, 9.17) is 37.9 Å². The van der Waals surface area contributed by atoms with Crippen LogP contribution in [0.4, 0.5) is 0 Å². The van der Waals surface area contributed by atoms with Crippen LogP contribution in [0, 0.1) is 0 Å². The molecule has 232 valence electrons. The van der Waals surface area contributed by atoms with Gasteiger partial charge in [-0.05, 0) is 29.3 Å². The van der Waals surface area contributed by atoms with Crippen molar-refractivity contribution < 1.29 is 57.1 Å². The second kappa shape index (κ2) is 14.8. The molecule has 2 heterocycles. The first kappa shape index (κ1) is 31.8. The Labute approximate surface area is 249 Å². The van der Waals surface area contributed by atoms with Gasteiger partial charge in [-0.25, -0.2) is 0 Å². The molecule has 4 rings (SSSR count). The van der Waals surface area contributed by atoms with Crippen molar-refractivity contribution in [2.45, 2.75) is 77.3 Å². The van der Waals surface area contributed by atoms with Crippen molar-refractivity contribution in [2.24, 2.45) is 0 Å². The fourth-order valence-corrected chi connectivity index (χ4v) is 4.88. The Morgan fingerprint density at radius 2 is 1.42 bits per heavy atom. The number of rotatable bonds is 11. The third-order valence-electron chi connectivity index (χ3n) is 6.67. The van der Waals surface area contributed by atoms with Crippen LogP contribution in [0.1, 0.15) is 45.2 Å². The predicted octanol–water partition coefficient (Wildman–Crippen LogP) is 2.91. The zero-order valence-electron chi connectivity index (χ0n) is 24.5. The molecule has 0 bridgehead atoms. The topological polar surface area (TPSA) is 142 Å². The van der Waals surface area contributed by atoms with Crippen molar-refractivity contribution in [1.82, 2.24) is 0 Å². The maximum atomic E-state index is 12.1. The lowest BCUT2D eigenvalue weighted by atomic mass is 9.98. The summed E-state index contributed by atoms with van der Waals surface area (Å²) in [4.78, 5) is 47.8. The molecule has 2 aromatic rings. The zero-order valence-corrected chi connectivity index (χ0v) is 24.5. The molecular weight excluding hydrogens is 564 g/mol. The Balaban J connectivity index is 1.59. The minimum absolute atomic E-state index is 0.0431. The van der Waals surface area contributed by atoms with Gasteiger partial charge in [0.25, 0.3) is 0 Å². The Kier molecular flexibility index (Phi) is 11.0. The molecule has 2 aliphatic heterocycles. The number of esters is 4. The van der Waals surface area contributed by atoms with Crippen LogP contribution in [0.2, 0.25) is 0 Å². The molecule has 0 radical (unpaired) electrons. The van der Waals surface area contributed by atoms with Crippen molar-refractivity contribution in [3.05, 3.63) is 59.7 Å². The van der Waals surface area contributed by atoms with Crippen molar-refractivity contribution in [1.29, 1.82) is 0 Å². The summed E-state index contributed by atoms with van der Waals surface area (Å²) in [6.45, 7) is 5.63. The second-order valence-electron chi connectivity index (χ2n) is 10.2. The lowest BCUT2D eigenvalue weighted by molar-refractivity contribution is -0.288. The van der Waals surface area contributed by atoms with Gasteiger partial charge in [-0.1, -0.05) is 30.3 Å². The number of carbonyl (C=O) groups is 4. The highest BCUT2D eigenvalue weighted by molar-refractivity contribution is 5.68. The highest BCUT2D eigenvalue weighted by Crippen LogP contribution is 2.33. The third kappa shape index (κ3) is 9.16. The Morgan fingerprint density at radius 1 is 0.767 bits per heavy atom. The highest BCUT2D eigenvalue weighted by Gasteiger charge is 2.53. The normalized spacial score (nSPS) is 24.8. The van der Waals surface area contributed by atoms with E-state index in [0.29, 0.717) is 25.4 Å². The van der Waals surface area contributed by atoms with Crippen molar-refractivity contribution in [3.63, 3.8) is 0 Å². The van der Waals surface area contributed by atoms with Gasteiger partial charge >= 0.3 is 23.9 Å². The van der Waals surface area contributed by atoms with Crippen LogP contribution in [-0.4, -0.2) is 80.5 Å². The summed E-state index contributed by atoms with van der Waals surface area (Å²) < 4.78 is 45.3. The number of carbonyl (C=O) groups excluding carboxylic acids is 4. The molecule has 0 amide bonds. The Bertz CT molecular complexity index is 1270. The van der Waals surface area contributed by atoms with Crippen LogP contribution < -0.4 is 9.47 Å². The highest BCUT2D eigenvalue weighted by atomic mass is 16.7. The van der Waals surface area contributed by atoms with Crippen LogP contribution >= 0.6 is 0 Å². The number of hydrogen-bond acceptors (Lipinski definition) is 12. The number of ether oxygens (including phenoxy) is 8. The monoisotopic (exact) mass is 600 g/mol. The molecule has 0 N–H and O–H groups in total. The van der Waals surface area contributed by atoms with Crippen LogP contribution in [0.3, 0.4) is 0 Å². The maximum absolute atomic E-state index is 12.1. The Morgan fingerprint density at radius 3 is 2.05 bits per heavy atom. The summed E-state index contributed by atoms with van der Waals surface area (Å²) in [5, 5.41) is 0. The summed E-state index contributed by atoms with van der Waals surface area (Å²) in [7, 11) is 0. The minimum atomic E-state index is -1.33. The SMILES string of the molecule is CC(=O)OC[C@H]1O[C@@H](Oc2ccccc2Cc2ccc(O[C@@H]3CCOC3)cc2)[C@H](OC(C)=O)[C@@H](OC(C)=O)[C@@H]1OC(C)=O. The Hall–Kier alpha value is -4.16. The first-order valence-electron chi connectivity index (χ1n) is 14.0. The smallest absolute Gasteiger partial charge is 0.303 e. The van der Waals surface area contributed by atoms with Gasteiger partial charge in [0, 0.05) is 40.5 Å². The molecule has 0 saturated carbocycles. The van der Waals surface area contributed by atoms with E-state index in [0.717, 1.165) is 37.1 Å². The fourth-order valence-electron chi connectivity index (χ4n) is 4.88. The van der Waals surface area contributed by atoms with Gasteiger partial charge < -0.3 is 37.9 Å². The van der Waals surface area contributed by atoms with E-state index in [9.17, 15) is 19.2 Å². The first-order valence-corrected chi connectivity index (χ1v) is 14.0. The van der Waals surface area contributed by atoms with E-state index < -0.39 is 54.6 Å². The fraction of sp³-hybridized carbons (Fsp3) is 0.484. The van der Waals surface area contributed by atoms with Gasteiger partial charge in [0.05, 0.1) is 13.2 Å². The van der Waals surface area contributed by atoms with Crippen LogP contribution in [0.15, 0.2) is 48.5 Å². The average molecular weight is 601 g/mol. The van der Waals surface area contributed by atoms with E-state index >= 15 is 0 Å². The van der Waals surface area contributed by atoms with Crippen molar-refractivity contribution >= 4 is 23.9 Å². The molecule has 2 aliphatic rings. The molecule has 6 atom stereocenters. The van der Waals surface area contributed by atoms with E-state index in [1.807, 2.05) is 36.4 Å². The lowest BCUT2D eigenvalue weighted by Gasteiger charge is -2.44. The lowest BCUT2D eigenvalue weighted by Crippen LogP contribution is -2.63. The summed E-state index contributed by atoms with van der Waals surface area (Å²) in [5.74, 6) is -1.59. The molecule has 0 aliphatic carbocycles. The van der Waals surface area contributed by atoms with Gasteiger partial charge in [-0.15, -0.1) is 0 Å². The number of benzene rings is 2. The minimum Gasteiger partial charge on any atom is -0.488 e. The van der Waals surface area contributed by atoms with Crippen molar-refractivity contribution in [3.8, 4) is 11.5 Å². The molecule has 0 spiro atoms. The summed E-state index contributed by atoms with van der Waals surface area (Å²) >= 11 is 0. The standard InChI is InChI=1S/C31H36O12/c1-18(32)37-17-27-28(38-19(2)33)29(39-20(3)34)30(40-21(4)35)31(43-27)42-26-8-6-5-7-23(26)15-22-9-11-24(12-10-22)41-25-13-14-36-16-25/h5-12,25,27-31H,13-17H2,1-4H3/t25-,27-,28-,29+,30-,31-/m1/s1. The molecule has 2 fully saturated rings. The van der Waals surface area contributed by atoms with Crippen molar-refractivity contribution in [2.75, 3.05) is 19.8 Å². The van der Waals surface area contributed by atoms with Gasteiger partial charge in [0.2, 0.25) is 12.4 Å². The van der Waals surface area contributed by atoms with Crippen LogP contribution in [-0.2, 0) is 54.0 Å². The van der Waals surface area contributed by atoms with Gasteiger partial charge in [-0.3, -0.25) is 19.2 Å². The average Bonchev–Trinajstić information content (AvgIpc) is 3.45. The van der Waals surface area contributed by atoms with Gasteiger partial charge in [0.15, 0.2) is 12.2 Å².